The van der Waals surface area contributed by atoms with E-state index in [9.17, 15) is 4.79 Å². The summed E-state index contributed by atoms with van der Waals surface area (Å²) in [6, 6.07) is 3.59. The highest BCUT2D eigenvalue weighted by molar-refractivity contribution is 5.80. The molecule has 21 heavy (non-hydrogen) atoms. The van der Waals surface area contributed by atoms with Crippen molar-refractivity contribution in [1.82, 2.24) is 0 Å². The van der Waals surface area contributed by atoms with Gasteiger partial charge in [0.15, 0.2) is 11.5 Å². The van der Waals surface area contributed by atoms with E-state index in [1.807, 2.05) is 13.8 Å². The van der Waals surface area contributed by atoms with Gasteiger partial charge < -0.3 is 19.3 Å². The fourth-order valence-corrected chi connectivity index (χ4v) is 1.65. The van der Waals surface area contributed by atoms with E-state index >= 15 is 0 Å². The highest BCUT2D eigenvalue weighted by Gasteiger charge is 2.14. The van der Waals surface area contributed by atoms with E-state index < -0.39 is 5.97 Å². The lowest BCUT2D eigenvalue weighted by atomic mass is 10.1. The van der Waals surface area contributed by atoms with E-state index in [2.05, 4.69) is 0 Å². The van der Waals surface area contributed by atoms with E-state index in [0.717, 1.165) is 11.6 Å². The SMILES string of the molecule is COc1cc(/C=C/C=C/C(=O)O)cc(OC)c1OC(C)C. The summed E-state index contributed by atoms with van der Waals surface area (Å²) in [4.78, 5) is 10.4. The molecule has 1 aromatic rings. The number of carbonyl (C=O) groups is 1. The first kappa shape index (κ1) is 16.6. The summed E-state index contributed by atoms with van der Waals surface area (Å²) >= 11 is 0. The molecular weight excluding hydrogens is 272 g/mol. The average molecular weight is 292 g/mol. The van der Waals surface area contributed by atoms with Crippen LogP contribution in [0.2, 0.25) is 0 Å². The van der Waals surface area contributed by atoms with Crippen molar-refractivity contribution in [2.45, 2.75) is 20.0 Å². The van der Waals surface area contributed by atoms with Crippen LogP contribution in [0.1, 0.15) is 19.4 Å². The van der Waals surface area contributed by atoms with Crippen molar-refractivity contribution in [3.63, 3.8) is 0 Å². The minimum absolute atomic E-state index is 0.00677. The van der Waals surface area contributed by atoms with Crippen LogP contribution in [0.4, 0.5) is 0 Å². The van der Waals surface area contributed by atoms with Crippen LogP contribution in [0.5, 0.6) is 17.2 Å². The quantitative estimate of drug-likeness (QED) is 0.618. The first-order chi connectivity index (χ1) is 9.97. The molecule has 1 rings (SSSR count). The van der Waals surface area contributed by atoms with Gasteiger partial charge in [-0.25, -0.2) is 4.79 Å². The Labute approximate surface area is 124 Å². The number of carboxylic acid groups (broad SMARTS) is 1. The molecule has 0 spiro atoms. The van der Waals surface area contributed by atoms with Crippen LogP contribution in [0.25, 0.3) is 6.08 Å². The molecule has 0 unspecified atom stereocenters. The molecule has 0 saturated heterocycles. The Morgan fingerprint density at radius 3 is 2.14 bits per heavy atom. The highest BCUT2D eigenvalue weighted by Crippen LogP contribution is 2.39. The van der Waals surface area contributed by atoms with Gasteiger partial charge in [0.05, 0.1) is 20.3 Å². The second-order valence-corrected chi connectivity index (χ2v) is 4.48. The number of rotatable bonds is 7. The number of methoxy groups -OCH3 is 2. The molecule has 5 heteroatoms. The number of benzene rings is 1. The second kappa shape index (κ2) is 7.99. The third-order valence-corrected chi connectivity index (χ3v) is 2.48. The summed E-state index contributed by atoms with van der Waals surface area (Å²) in [6.45, 7) is 3.84. The number of hydrogen-bond acceptors (Lipinski definition) is 4. The summed E-state index contributed by atoms with van der Waals surface area (Å²) in [5.41, 5.74) is 0.815. The molecule has 114 valence electrons. The predicted octanol–water partition coefficient (Wildman–Crippen LogP) is 3.15. The maximum Gasteiger partial charge on any atom is 0.328 e. The smallest absolute Gasteiger partial charge is 0.328 e. The maximum atomic E-state index is 10.4. The average Bonchev–Trinajstić information content (AvgIpc) is 2.43. The van der Waals surface area contributed by atoms with Gasteiger partial charge in [0.25, 0.3) is 0 Å². The van der Waals surface area contributed by atoms with E-state index in [-0.39, 0.29) is 6.10 Å². The lowest BCUT2D eigenvalue weighted by Crippen LogP contribution is -2.08. The molecule has 5 nitrogen and oxygen atoms in total. The van der Waals surface area contributed by atoms with Gasteiger partial charge in [0, 0.05) is 6.08 Å². The van der Waals surface area contributed by atoms with Crippen LogP contribution in [-0.2, 0) is 4.79 Å². The highest BCUT2D eigenvalue weighted by atomic mass is 16.5. The summed E-state index contributed by atoms with van der Waals surface area (Å²) < 4.78 is 16.4. The number of carboxylic acids is 1. The topological polar surface area (TPSA) is 65.0 Å². The number of aliphatic carboxylic acids is 1. The van der Waals surface area contributed by atoms with Gasteiger partial charge in [0.1, 0.15) is 0 Å². The molecule has 0 bridgehead atoms. The van der Waals surface area contributed by atoms with Crippen molar-refractivity contribution in [2.75, 3.05) is 14.2 Å². The van der Waals surface area contributed by atoms with Crippen LogP contribution in [0.3, 0.4) is 0 Å². The van der Waals surface area contributed by atoms with Gasteiger partial charge in [0.2, 0.25) is 5.75 Å². The first-order valence-corrected chi connectivity index (χ1v) is 6.48. The van der Waals surface area contributed by atoms with E-state index in [0.29, 0.717) is 17.2 Å². The standard InChI is InChI=1S/C16H20O5/c1-11(2)21-16-13(19-3)9-12(10-14(16)20-4)7-5-6-8-15(17)18/h5-11H,1-4H3,(H,17,18)/b7-5+,8-6+. The van der Waals surface area contributed by atoms with Crippen molar-refractivity contribution >= 4 is 12.0 Å². The molecule has 1 N–H and O–H groups in total. The predicted molar refractivity (Wildman–Crippen MR) is 81.1 cm³/mol. The number of allylic oxidation sites excluding steroid dienone is 2. The zero-order chi connectivity index (χ0) is 15.8. The molecular formula is C16H20O5. The maximum absolute atomic E-state index is 10.4. The summed E-state index contributed by atoms with van der Waals surface area (Å²) in [5.74, 6) is 0.679. The Kier molecular flexibility index (Phi) is 6.33. The molecule has 0 aliphatic carbocycles. The molecule has 0 aliphatic rings. The number of ether oxygens (including phenoxy) is 3. The summed E-state index contributed by atoms with van der Waals surface area (Å²) in [7, 11) is 3.11. The molecule has 0 atom stereocenters. The molecule has 0 heterocycles. The molecule has 0 amide bonds. The minimum Gasteiger partial charge on any atom is -0.493 e. The second-order valence-electron chi connectivity index (χ2n) is 4.48. The Morgan fingerprint density at radius 1 is 1.14 bits per heavy atom. The molecule has 0 saturated carbocycles. The fraction of sp³-hybridized carbons (Fsp3) is 0.312. The van der Waals surface area contributed by atoms with E-state index in [4.69, 9.17) is 19.3 Å². The lowest BCUT2D eigenvalue weighted by Gasteiger charge is -2.17. The van der Waals surface area contributed by atoms with Crippen molar-refractivity contribution in [1.29, 1.82) is 0 Å². The Balaban J connectivity index is 3.11. The first-order valence-electron chi connectivity index (χ1n) is 6.48. The Bertz CT molecular complexity index is 519. The van der Waals surface area contributed by atoms with Crippen molar-refractivity contribution in [2.24, 2.45) is 0 Å². The van der Waals surface area contributed by atoms with E-state index in [1.54, 1.807) is 38.5 Å². The van der Waals surface area contributed by atoms with Gasteiger partial charge in [-0.3, -0.25) is 0 Å². The zero-order valence-electron chi connectivity index (χ0n) is 12.6. The van der Waals surface area contributed by atoms with Crippen LogP contribution >= 0.6 is 0 Å². The van der Waals surface area contributed by atoms with Crippen LogP contribution in [0.15, 0.2) is 30.4 Å². The van der Waals surface area contributed by atoms with Gasteiger partial charge >= 0.3 is 5.97 Å². The molecule has 1 aromatic carbocycles. The molecule has 0 radical (unpaired) electrons. The van der Waals surface area contributed by atoms with Gasteiger partial charge in [-0.1, -0.05) is 18.2 Å². The van der Waals surface area contributed by atoms with Crippen molar-refractivity contribution in [3.8, 4) is 17.2 Å². The van der Waals surface area contributed by atoms with Gasteiger partial charge in [-0.15, -0.1) is 0 Å². The molecule has 0 aliphatic heterocycles. The third-order valence-electron chi connectivity index (χ3n) is 2.48. The number of hydrogen-bond donors (Lipinski definition) is 1. The van der Waals surface area contributed by atoms with Gasteiger partial charge in [-0.2, -0.15) is 0 Å². The fourth-order valence-electron chi connectivity index (χ4n) is 1.65. The lowest BCUT2D eigenvalue weighted by molar-refractivity contribution is -0.131. The van der Waals surface area contributed by atoms with Crippen LogP contribution < -0.4 is 14.2 Å². The molecule has 0 aromatic heterocycles. The molecule has 0 fully saturated rings. The Morgan fingerprint density at radius 2 is 1.71 bits per heavy atom. The third kappa shape index (κ3) is 5.22. The van der Waals surface area contributed by atoms with Crippen molar-refractivity contribution < 1.29 is 24.1 Å². The van der Waals surface area contributed by atoms with Crippen LogP contribution in [0, 0.1) is 0 Å². The normalized spacial score (nSPS) is 11.3. The van der Waals surface area contributed by atoms with Crippen molar-refractivity contribution in [3.05, 3.63) is 35.9 Å². The largest absolute Gasteiger partial charge is 0.493 e. The minimum atomic E-state index is -0.990. The Hall–Kier alpha value is -2.43. The monoisotopic (exact) mass is 292 g/mol. The van der Waals surface area contributed by atoms with E-state index in [1.165, 1.54) is 6.08 Å². The summed E-state index contributed by atoms with van der Waals surface area (Å²) in [5, 5.41) is 8.52. The summed E-state index contributed by atoms with van der Waals surface area (Å²) in [6.07, 6.45) is 5.88. The zero-order valence-corrected chi connectivity index (χ0v) is 12.6. The van der Waals surface area contributed by atoms with Gasteiger partial charge in [-0.05, 0) is 31.5 Å². The van der Waals surface area contributed by atoms with Crippen LogP contribution in [-0.4, -0.2) is 31.4 Å².